The van der Waals surface area contributed by atoms with Crippen LogP contribution in [0.1, 0.15) is 17.5 Å². The zero-order chi connectivity index (χ0) is 11.5. The molecular formula is C12H15NO3. The van der Waals surface area contributed by atoms with Crippen LogP contribution in [0.2, 0.25) is 0 Å². The normalized spacial score (nSPS) is 15.3. The molecule has 1 aliphatic rings. The monoisotopic (exact) mass is 221 g/mol. The highest BCUT2D eigenvalue weighted by atomic mass is 16.5. The van der Waals surface area contributed by atoms with Gasteiger partial charge < -0.3 is 15.6 Å². The summed E-state index contributed by atoms with van der Waals surface area (Å²) in [4.78, 5) is 10.6. The van der Waals surface area contributed by atoms with Crippen molar-refractivity contribution in [1.82, 2.24) is 0 Å². The van der Waals surface area contributed by atoms with Gasteiger partial charge in [-0.25, -0.2) is 0 Å². The van der Waals surface area contributed by atoms with Gasteiger partial charge in [0.15, 0.2) is 0 Å². The summed E-state index contributed by atoms with van der Waals surface area (Å²) in [5.74, 6) is 0.00998. The van der Waals surface area contributed by atoms with E-state index in [4.69, 9.17) is 15.6 Å². The van der Waals surface area contributed by atoms with Crippen LogP contribution in [0.4, 0.5) is 0 Å². The molecule has 0 radical (unpaired) electrons. The van der Waals surface area contributed by atoms with Crippen LogP contribution in [0, 0.1) is 0 Å². The van der Waals surface area contributed by atoms with Gasteiger partial charge in [-0.15, -0.1) is 0 Å². The van der Waals surface area contributed by atoms with Gasteiger partial charge in [-0.1, -0.05) is 12.1 Å². The lowest BCUT2D eigenvalue weighted by atomic mass is 10.0. The lowest BCUT2D eigenvalue weighted by Crippen LogP contribution is -2.30. The standard InChI is InChI=1S/C12H15NO3/c13-10(12(14)15)3-1-8-2-4-11-9(7-8)5-6-16-11/h2,4,7,10H,1,3,5-6,13H2,(H,14,15)/t10-/m1/s1. The molecule has 0 bridgehead atoms. The second-order valence-electron chi connectivity index (χ2n) is 4.02. The van der Waals surface area contributed by atoms with Crippen molar-refractivity contribution < 1.29 is 14.6 Å². The van der Waals surface area contributed by atoms with Crippen molar-refractivity contribution in [3.05, 3.63) is 29.3 Å². The number of nitrogens with two attached hydrogens (primary N) is 1. The van der Waals surface area contributed by atoms with E-state index in [0.717, 1.165) is 24.3 Å². The number of rotatable bonds is 4. The summed E-state index contributed by atoms with van der Waals surface area (Å²) in [5, 5.41) is 8.67. The molecule has 0 unspecified atom stereocenters. The second kappa shape index (κ2) is 4.53. The Labute approximate surface area is 94.0 Å². The van der Waals surface area contributed by atoms with Gasteiger partial charge in [0.05, 0.1) is 6.61 Å². The Bertz CT molecular complexity index is 403. The van der Waals surface area contributed by atoms with Crippen molar-refractivity contribution in [1.29, 1.82) is 0 Å². The van der Waals surface area contributed by atoms with Crippen LogP contribution in [0.5, 0.6) is 5.75 Å². The molecule has 0 aliphatic carbocycles. The van der Waals surface area contributed by atoms with Gasteiger partial charge in [-0.05, 0) is 30.0 Å². The van der Waals surface area contributed by atoms with Gasteiger partial charge in [0.25, 0.3) is 0 Å². The van der Waals surface area contributed by atoms with Crippen molar-refractivity contribution in [2.45, 2.75) is 25.3 Å². The average molecular weight is 221 g/mol. The first-order chi connectivity index (χ1) is 7.66. The molecule has 16 heavy (non-hydrogen) atoms. The Morgan fingerprint density at radius 1 is 1.56 bits per heavy atom. The molecule has 2 rings (SSSR count). The maximum absolute atomic E-state index is 10.6. The highest BCUT2D eigenvalue weighted by Gasteiger charge is 2.14. The van der Waals surface area contributed by atoms with Crippen LogP contribution in [0.15, 0.2) is 18.2 Å². The number of aliphatic carboxylic acids is 1. The summed E-state index contributed by atoms with van der Waals surface area (Å²) in [6.07, 6.45) is 2.10. The topological polar surface area (TPSA) is 72.5 Å². The van der Waals surface area contributed by atoms with E-state index in [9.17, 15) is 4.79 Å². The minimum Gasteiger partial charge on any atom is -0.493 e. The number of carboxylic acid groups (broad SMARTS) is 1. The third kappa shape index (κ3) is 2.33. The number of aryl methyl sites for hydroxylation is 1. The van der Waals surface area contributed by atoms with Gasteiger partial charge in [0, 0.05) is 6.42 Å². The molecule has 1 atom stereocenters. The predicted molar refractivity (Wildman–Crippen MR) is 59.6 cm³/mol. The van der Waals surface area contributed by atoms with Crippen molar-refractivity contribution in [2.24, 2.45) is 5.73 Å². The molecule has 1 heterocycles. The minimum atomic E-state index is -0.940. The first-order valence-electron chi connectivity index (χ1n) is 5.40. The van der Waals surface area contributed by atoms with Gasteiger partial charge in [0.1, 0.15) is 11.8 Å². The molecular weight excluding hydrogens is 206 g/mol. The number of ether oxygens (including phenoxy) is 1. The van der Waals surface area contributed by atoms with E-state index < -0.39 is 12.0 Å². The molecule has 4 heteroatoms. The summed E-state index contributed by atoms with van der Waals surface area (Å²) in [6, 6.07) is 5.23. The van der Waals surface area contributed by atoms with Crippen molar-refractivity contribution in [3.8, 4) is 5.75 Å². The number of hydrogen-bond acceptors (Lipinski definition) is 3. The van der Waals surface area contributed by atoms with E-state index in [0.29, 0.717) is 12.8 Å². The molecule has 0 amide bonds. The van der Waals surface area contributed by atoms with Gasteiger partial charge >= 0.3 is 5.97 Å². The lowest BCUT2D eigenvalue weighted by Gasteiger charge is -2.07. The van der Waals surface area contributed by atoms with Crippen LogP contribution < -0.4 is 10.5 Å². The number of hydrogen-bond donors (Lipinski definition) is 2. The molecule has 1 aromatic carbocycles. The van der Waals surface area contributed by atoms with Crippen LogP contribution in [-0.2, 0) is 17.6 Å². The largest absolute Gasteiger partial charge is 0.493 e. The van der Waals surface area contributed by atoms with Crippen LogP contribution in [0.25, 0.3) is 0 Å². The van der Waals surface area contributed by atoms with E-state index >= 15 is 0 Å². The zero-order valence-corrected chi connectivity index (χ0v) is 8.98. The fourth-order valence-corrected chi connectivity index (χ4v) is 1.84. The molecule has 3 N–H and O–H groups in total. The molecule has 0 saturated heterocycles. The Balaban J connectivity index is 1.98. The van der Waals surface area contributed by atoms with E-state index in [1.54, 1.807) is 0 Å². The first kappa shape index (κ1) is 11.0. The lowest BCUT2D eigenvalue weighted by molar-refractivity contribution is -0.138. The zero-order valence-electron chi connectivity index (χ0n) is 8.98. The molecule has 1 aromatic rings. The third-order valence-electron chi connectivity index (χ3n) is 2.82. The quantitative estimate of drug-likeness (QED) is 0.794. The minimum absolute atomic E-state index is 0.467. The first-order valence-corrected chi connectivity index (χ1v) is 5.40. The third-order valence-corrected chi connectivity index (χ3v) is 2.82. The van der Waals surface area contributed by atoms with Crippen LogP contribution in [-0.4, -0.2) is 23.7 Å². The molecule has 86 valence electrons. The van der Waals surface area contributed by atoms with Crippen molar-refractivity contribution in [2.75, 3.05) is 6.61 Å². The van der Waals surface area contributed by atoms with E-state index in [2.05, 4.69) is 6.07 Å². The number of benzene rings is 1. The Kier molecular flexibility index (Phi) is 3.10. The van der Waals surface area contributed by atoms with Crippen molar-refractivity contribution in [3.63, 3.8) is 0 Å². The summed E-state index contributed by atoms with van der Waals surface area (Å²) in [6.45, 7) is 0.743. The Morgan fingerprint density at radius 2 is 2.38 bits per heavy atom. The van der Waals surface area contributed by atoms with Gasteiger partial charge in [-0.2, -0.15) is 0 Å². The number of carbonyl (C=O) groups is 1. The molecule has 0 fully saturated rings. The highest BCUT2D eigenvalue weighted by molar-refractivity contribution is 5.73. The Hall–Kier alpha value is -1.55. The van der Waals surface area contributed by atoms with Crippen molar-refractivity contribution >= 4 is 5.97 Å². The summed E-state index contributed by atoms with van der Waals surface area (Å²) in [5.41, 5.74) is 7.79. The van der Waals surface area contributed by atoms with E-state index in [1.807, 2.05) is 12.1 Å². The van der Waals surface area contributed by atoms with E-state index in [-0.39, 0.29) is 0 Å². The average Bonchev–Trinajstić information content (AvgIpc) is 2.72. The highest BCUT2D eigenvalue weighted by Crippen LogP contribution is 2.26. The summed E-state index contributed by atoms with van der Waals surface area (Å²) in [7, 11) is 0. The molecule has 0 aromatic heterocycles. The Morgan fingerprint density at radius 3 is 3.12 bits per heavy atom. The number of carboxylic acids is 1. The molecule has 0 saturated carbocycles. The van der Waals surface area contributed by atoms with Gasteiger partial charge in [0.2, 0.25) is 0 Å². The molecule has 4 nitrogen and oxygen atoms in total. The van der Waals surface area contributed by atoms with E-state index in [1.165, 1.54) is 5.56 Å². The fraction of sp³-hybridized carbons (Fsp3) is 0.417. The second-order valence-corrected chi connectivity index (χ2v) is 4.02. The smallest absolute Gasteiger partial charge is 0.320 e. The summed E-state index contributed by atoms with van der Waals surface area (Å²) >= 11 is 0. The number of fused-ring (bicyclic) bond motifs is 1. The van der Waals surface area contributed by atoms with Gasteiger partial charge in [-0.3, -0.25) is 4.79 Å². The molecule has 0 spiro atoms. The predicted octanol–water partition coefficient (Wildman–Crippen LogP) is 0.966. The van der Waals surface area contributed by atoms with Crippen LogP contribution >= 0.6 is 0 Å². The fourth-order valence-electron chi connectivity index (χ4n) is 1.84. The SMILES string of the molecule is N[C@H](CCc1ccc2c(c1)CCO2)C(=O)O. The maximum atomic E-state index is 10.6. The summed E-state index contributed by atoms with van der Waals surface area (Å²) < 4.78 is 5.40. The molecule has 1 aliphatic heterocycles. The van der Waals surface area contributed by atoms with Crippen LogP contribution in [0.3, 0.4) is 0 Å². The maximum Gasteiger partial charge on any atom is 0.320 e.